The second kappa shape index (κ2) is 8.44. The minimum Gasteiger partial charge on any atom is -0.382 e. The number of halogens is 3. The van der Waals surface area contributed by atoms with Crippen molar-refractivity contribution in [2.24, 2.45) is 0 Å². The number of rotatable bonds is 4. The highest BCUT2D eigenvalue weighted by molar-refractivity contribution is 6.04. The number of fused-ring (bicyclic) bond motifs is 1. The summed E-state index contributed by atoms with van der Waals surface area (Å²) in [5, 5.41) is 2.41. The molecule has 1 fully saturated rings. The van der Waals surface area contributed by atoms with Crippen LogP contribution in [0.4, 0.5) is 24.8 Å². The van der Waals surface area contributed by atoms with E-state index in [0.29, 0.717) is 17.4 Å². The third-order valence-electron chi connectivity index (χ3n) is 6.08. The van der Waals surface area contributed by atoms with Crippen LogP contribution in [0.3, 0.4) is 0 Å². The fourth-order valence-corrected chi connectivity index (χ4v) is 4.40. The number of anilines is 2. The van der Waals surface area contributed by atoms with Crippen LogP contribution in [0.5, 0.6) is 0 Å². The molecule has 5 rings (SSSR count). The maximum atomic E-state index is 12.9. The summed E-state index contributed by atoms with van der Waals surface area (Å²) in [6.45, 7) is 0. The molecule has 7 nitrogen and oxygen atoms in total. The predicted octanol–water partition coefficient (Wildman–Crippen LogP) is 5.30. The molecule has 3 N–H and O–H groups in total. The topological polar surface area (TPSA) is 98.2 Å². The number of carbonyl (C=O) groups excluding carboxylic acids is 1. The zero-order chi connectivity index (χ0) is 23.9. The van der Waals surface area contributed by atoms with Gasteiger partial charge in [-0.3, -0.25) is 9.20 Å². The van der Waals surface area contributed by atoms with Crippen LogP contribution >= 0.6 is 0 Å². The first-order chi connectivity index (χ1) is 16.3. The predicted molar refractivity (Wildman–Crippen MR) is 121 cm³/mol. The molecule has 1 aliphatic rings. The Labute approximate surface area is 192 Å². The summed E-state index contributed by atoms with van der Waals surface area (Å²) in [7, 11) is 0. The first-order valence-corrected chi connectivity index (χ1v) is 10.9. The minimum absolute atomic E-state index is 0.177. The van der Waals surface area contributed by atoms with Crippen LogP contribution in [0, 0.1) is 0 Å². The van der Waals surface area contributed by atoms with Crippen molar-refractivity contribution >= 4 is 23.1 Å². The van der Waals surface area contributed by atoms with Crippen LogP contribution in [0.15, 0.2) is 55.0 Å². The van der Waals surface area contributed by atoms with Crippen LogP contribution < -0.4 is 11.1 Å². The molecule has 3 heterocycles. The molecule has 3 aromatic heterocycles. The van der Waals surface area contributed by atoms with Gasteiger partial charge in [-0.1, -0.05) is 25.0 Å². The van der Waals surface area contributed by atoms with Gasteiger partial charge in [-0.15, -0.1) is 0 Å². The number of amides is 1. The number of nitrogens with two attached hydrogens (primary N) is 1. The summed E-state index contributed by atoms with van der Waals surface area (Å²) in [5.41, 5.74) is 7.73. The molecular formula is C24H21F3N6O. The number of imidazole rings is 1. The Morgan fingerprint density at radius 3 is 2.50 bits per heavy atom. The van der Waals surface area contributed by atoms with Crippen LogP contribution in [0.2, 0.25) is 0 Å². The number of pyridine rings is 1. The molecule has 10 heteroatoms. The number of alkyl halides is 3. The van der Waals surface area contributed by atoms with E-state index in [1.165, 1.54) is 12.8 Å². The lowest BCUT2D eigenvalue weighted by Crippen LogP contribution is -2.14. The second-order valence-electron chi connectivity index (χ2n) is 8.29. The Morgan fingerprint density at radius 1 is 1.06 bits per heavy atom. The molecule has 0 spiro atoms. The summed E-state index contributed by atoms with van der Waals surface area (Å²) in [6, 6.07) is 8.30. The van der Waals surface area contributed by atoms with E-state index in [0.717, 1.165) is 48.1 Å². The van der Waals surface area contributed by atoms with Gasteiger partial charge in [0.25, 0.3) is 5.91 Å². The zero-order valence-electron chi connectivity index (χ0n) is 18.0. The van der Waals surface area contributed by atoms with E-state index >= 15 is 0 Å². The number of carbonyl (C=O) groups is 1. The first kappa shape index (κ1) is 21.9. The number of aromatic nitrogens is 4. The van der Waals surface area contributed by atoms with Crippen molar-refractivity contribution < 1.29 is 18.0 Å². The summed E-state index contributed by atoms with van der Waals surface area (Å²) in [4.78, 5) is 25.5. The highest BCUT2D eigenvalue weighted by Gasteiger charge is 2.31. The number of nitrogens with one attached hydrogen (secondary N) is 1. The van der Waals surface area contributed by atoms with Gasteiger partial charge in [0, 0.05) is 35.6 Å². The monoisotopic (exact) mass is 466 g/mol. The molecule has 174 valence electrons. The Bertz CT molecular complexity index is 1360. The Kier molecular flexibility index (Phi) is 5.43. The lowest BCUT2D eigenvalue weighted by molar-refractivity contribution is -0.137. The van der Waals surface area contributed by atoms with Gasteiger partial charge in [-0.25, -0.2) is 15.0 Å². The maximum Gasteiger partial charge on any atom is 0.416 e. The standard InChI is InChI=1S/C24H21F3N6O/c25-24(26,27)17-9-10-29-18(13-17)31-23(34)16-7-5-14(6-8-16)19-20-21(28)30-11-12-33(20)22(32-19)15-3-1-2-4-15/h5-13,15H,1-4H2,(H2,28,30)(H,29,31,34). The van der Waals surface area contributed by atoms with E-state index < -0.39 is 17.6 Å². The molecule has 0 bridgehead atoms. The third kappa shape index (κ3) is 4.07. The molecule has 1 amide bonds. The van der Waals surface area contributed by atoms with Gasteiger partial charge in [-0.05, 0) is 37.1 Å². The lowest BCUT2D eigenvalue weighted by atomic mass is 10.1. The molecule has 0 saturated heterocycles. The maximum absolute atomic E-state index is 12.9. The van der Waals surface area contributed by atoms with E-state index in [2.05, 4.69) is 15.3 Å². The van der Waals surface area contributed by atoms with Gasteiger partial charge in [-0.2, -0.15) is 13.2 Å². The lowest BCUT2D eigenvalue weighted by Gasteiger charge is -2.09. The molecule has 0 unspecified atom stereocenters. The molecule has 4 aromatic rings. The van der Waals surface area contributed by atoms with Crippen LogP contribution in [-0.4, -0.2) is 25.3 Å². The van der Waals surface area contributed by atoms with Gasteiger partial charge >= 0.3 is 6.18 Å². The number of benzene rings is 1. The minimum atomic E-state index is -4.52. The normalized spacial score (nSPS) is 14.6. The third-order valence-corrected chi connectivity index (χ3v) is 6.08. The number of nitrogen functional groups attached to an aromatic ring is 1. The van der Waals surface area contributed by atoms with Crippen LogP contribution in [0.1, 0.15) is 53.3 Å². The van der Waals surface area contributed by atoms with E-state index in [1.807, 2.05) is 10.6 Å². The highest BCUT2D eigenvalue weighted by atomic mass is 19.4. The summed E-state index contributed by atoms with van der Waals surface area (Å²) in [5.74, 6) is 0.929. The summed E-state index contributed by atoms with van der Waals surface area (Å²) >= 11 is 0. The molecule has 0 radical (unpaired) electrons. The Hall–Kier alpha value is -3.95. The molecule has 1 aliphatic carbocycles. The quantitative estimate of drug-likeness (QED) is 0.425. The molecule has 34 heavy (non-hydrogen) atoms. The first-order valence-electron chi connectivity index (χ1n) is 10.9. The molecule has 0 atom stereocenters. The van der Waals surface area contributed by atoms with E-state index in [1.54, 1.807) is 30.5 Å². The SMILES string of the molecule is Nc1nccn2c(C3CCCC3)nc(-c3ccc(C(=O)Nc4cc(C(F)(F)F)ccn4)cc3)c12. The molecule has 1 saturated carbocycles. The van der Waals surface area contributed by atoms with E-state index in [9.17, 15) is 18.0 Å². The average molecular weight is 466 g/mol. The Morgan fingerprint density at radius 2 is 1.79 bits per heavy atom. The highest BCUT2D eigenvalue weighted by Crippen LogP contribution is 2.37. The van der Waals surface area contributed by atoms with Crippen molar-refractivity contribution in [1.29, 1.82) is 0 Å². The van der Waals surface area contributed by atoms with Crippen LogP contribution in [0.25, 0.3) is 16.8 Å². The largest absolute Gasteiger partial charge is 0.416 e. The summed E-state index contributed by atoms with van der Waals surface area (Å²) in [6.07, 6.45) is 4.48. The molecule has 1 aromatic carbocycles. The van der Waals surface area contributed by atoms with Crippen molar-refractivity contribution in [2.45, 2.75) is 37.8 Å². The average Bonchev–Trinajstić information content (AvgIpc) is 3.47. The second-order valence-corrected chi connectivity index (χ2v) is 8.29. The number of hydrogen-bond acceptors (Lipinski definition) is 5. The summed E-state index contributed by atoms with van der Waals surface area (Å²) < 4.78 is 40.7. The van der Waals surface area contributed by atoms with Crippen molar-refractivity contribution in [3.8, 4) is 11.3 Å². The van der Waals surface area contributed by atoms with Gasteiger partial charge in [0.1, 0.15) is 28.7 Å². The fourth-order valence-electron chi connectivity index (χ4n) is 4.40. The van der Waals surface area contributed by atoms with Gasteiger partial charge in [0.05, 0.1) is 5.56 Å². The number of hydrogen-bond donors (Lipinski definition) is 2. The van der Waals surface area contributed by atoms with Crippen molar-refractivity contribution in [3.63, 3.8) is 0 Å². The van der Waals surface area contributed by atoms with Crippen molar-refractivity contribution in [1.82, 2.24) is 19.4 Å². The molecular weight excluding hydrogens is 445 g/mol. The van der Waals surface area contributed by atoms with E-state index in [-0.39, 0.29) is 11.4 Å². The number of nitrogens with zero attached hydrogens (tertiary/aromatic N) is 4. The van der Waals surface area contributed by atoms with E-state index in [4.69, 9.17) is 10.7 Å². The zero-order valence-corrected chi connectivity index (χ0v) is 18.0. The smallest absolute Gasteiger partial charge is 0.382 e. The molecule has 0 aliphatic heterocycles. The van der Waals surface area contributed by atoms with Gasteiger partial charge in [0.2, 0.25) is 0 Å². The van der Waals surface area contributed by atoms with Gasteiger partial charge in [0.15, 0.2) is 0 Å². The Balaban J connectivity index is 1.43. The van der Waals surface area contributed by atoms with Crippen LogP contribution in [-0.2, 0) is 6.18 Å². The fraction of sp³-hybridized carbons (Fsp3) is 0.250. The van der Waals surface area contributed by atoms with Crippen molar-refractivity contribution in [2.75, 3.05) is 11.1 Å². The van der Waals surface area contributed by atoms with Gasteiger partial charge < -0.3 is 11.1 Å². The van der Waals surface area contributed by atoms with Crippen molar-refractivity contribution in [3.05, 3.63) is 71.9 Å².